The van der Waals surface area contributed by atoms with E-state index in [0.29, 0.717) is 5.02 Å². The van der Waals surface area contributed by atoms with Crippen LogP contribution in [0.15, 0.2) is 18.2 Å². The summed E-state index contributed by atoms with van der Waals surface area (Å²) in [4.78, 5) is 13.6. The Morgan fingerprint density at radius 3 is 2.95 bits per heavy atom. The molecule has 0 aromatic heterocycles. The number of halogens is 1. The van der Waals surface area contributed by atoms with E-state index in [4.69, 9.17) is 17.3 Å². The minimum Gasteiger partial charge on any atom is -0.368 e. The first kappa shape index (κ1) is 15.1. The molecular formula is C15H22ClN3O. The summed E-state index contributed by atoms with van der Waals surface area (Å²) in [5, 5.41) is 3.96. The smallest absolute Gasteiger partial charge is 0.240 e. The molecule has 1 fully saturated rings. The van der Waals surface area contributed by atoms with E-state index in [9.17, 15) is 4.79 Å². The minimum absolute atomic E-state index is 0.235. The fraction of sp³-hybridized carbons (Fsp3) is 0.533. The van der Waals surface area contributed by atoms with Crippen molar-refractivity contribution in [2.75, 3.05) is 18.0 Å². The lowest BCUT2D eigenvalue weighted by atomic mass is 10.0. The summed E-state index contributed by atoms with van der Waals surface area (Å²) in [5.74, 6) is -0.266. The van der Waals surface area contributed by atoms with Crippen molar-refractivity contribution >= 4 is 23.2 Å². The number of piperidine rings is 1. The van der Waals surface area contributed by atoms with Crippen LogP contribution in [0.4, 0.5) is 5.69 Å². The Balaban J connectivity index is 2.20. The maximum atomic E-state index is 11.6. The Kier molecular flexibility index (Phi) is 5.26. The molecule has 1 heterocycles. The molecule has 1 aromatic rings. The van der Waals surface area contributed by atoms with Gasteiger partial charge in [-0.1, -0.05) is 24.6 Å². The largest absolute Gasteiger partial charge is 0.368 e. The summed E-state index contributed by atoms with van der Waals surface area (Å²) in [6, 6.07) is 5.78. The number of nitrogens with zero attached hydrogens (tertiary/aromatic N) is 1. The third kappa shape index (κ3) is 3.44. The van der Waals surface area contributed by atoms with Crippen LogP contribution in [0.2, 0.25) is 5.02 Å². The molecule has 0 saturated carbocycles. The van der Waals surface area contributed by atoms with Crippen LogP contribution in [-0.4, -0.2) is 25.0 Å². The van der Waals surface area contributed by atoms with Crippen LogP contribution in [0.3, 0.4) is 0 Å². The van der Waals surface area contributed by atoms with Gasteiger partial charge in [-0.2, -0.15) is 0 Å². The molecular weight excluding hydrogens is 274 g/mol. The lowest BCUT2D eigenvalue weighted by molar-refractivity contribution is -0.119. The van der Waals surface area contributed by atoms with E-state index >= 15 is 0 Å². The molecule has 1 unspecified atom stereocenters. The summed E-state index contributed by atoms with van der Waals surface area (Å²) in [7, 11) is 0. The molecule has 3 N–H and O–H groups in total. The van der Waals surface area contributed by atoms with Gasteiger partial charge in [-0.3, -0.25) is 4.79 Å². The number of carbonyl (C=O) groups excluding carboxylic acids is 1. The summed E-state index contributed by atoms with van der Waals surface area (Å²) in [6.45, 7) is 4.63. The zero-order chi connectivity index (χ0) is 14.5. The second kappa shape index (κ2) is 6.95. The number of primary amides is 1. The molecule has 0 aliphatic carbocycles. The lowest BCUT2D eigenvalue weighted by Gasteiger charge is -2.36. The standard InChI is InChI=1S/C15H22ClN3O/c1-2-18-10-11-6-7-13(12(16)9-11)19-8-4-3-5-14(19)15(17)20/h6-7,9,14,18H,2-5,8,10H2,1H3,(H2,17,20). The highest BCUT2D eigenvalue weighted by Crippen LogP contribution is 2.31. The average Bonchev–Trinajstić information content (AvgIpc) is 2.45. The molecule has 5 heteroatoms. The van der Waals surface area contributed by atoms with E-state index in [1.807, 2.05) is 17.0 Å². The number of hydrogen-bond acceptors (Lipinski definition) is 3. The van der Waals surface area contributed by atoms with Crippen molar-refractivity contribution in [1.82, 2.24) is 5.32 Å². The van der Waals surface area contributed by atoms with Gasteiger partial charge in [0.25, 0.3) is 0 Å². The van der Waals surface area contributed by atoms with E-state index in [1.165, 1.54) is 0 Å². The molecule has 1 aromatic carbocycles. The number of anilines is 1. The van der Waals surface area contributed by atoms with Gasteiger partial charge in [-0.15, -0.1) is 0 Å². The first-order valence-electron chi connectivity index (χ1n) is 7.18. The fourth-order valence-corrected chi connectivity index (χ4v) is 2.99. The molecule has 1 aliphatic heterocycles. The Hall–Kier alpha value is -1.26. The van der Waals surface area contributed by atoms with Gasteiger partial charge in [0, 0.05) is 13.1 Å². The number of nitrogens with one attached hydrogen (secondary N) is 1. The number of carbonyl (C=O) groups is 1. The van der Waals surface area contributed by atoms with Crippen molar-refractivity contribution in [2.24, 2.45) is 5.73 Å². The summed E-state index contributed by atoms with van der Waals surface area (Å²) >= 11 is 6.39. The normalized spacial score (nSPS) is 19.1. The van der Waals surface area contributed by atoms with Gasteiger partial charge >= 0.3 is 0 Å². The molecule has 1 aliphatic rings. The Bertz CT molecular complexity index is 478. The number of hydrogen-bond donors (Lipinski definition) is 2. The van der Waals surface area contributed by atoms with Crippen LogP contribution in [0.1, 0.15) is 31.7 Å². The molecule has 4 nitrogen and oxygen atoms in total. The second-order valence-corrected chi connectivity index (χ2v) is 5.58. The highest BCUT2D eigenvalue weighted by molar-refractivity contribution is 6.33. The minimum atomic E-state index is -0.266. The van der Waals surface area contributed by atoms with Crippen molar-refractivity contribution in [1.29, 1.82) is 0 Å². The lowest BCUT2D eigenvalue weighted by Crippen LogP contribution is -2.48. The highest BCUT2D eigenvalue weighted by atomic mass is 35.5. The molecule has 0 spiro atoms. The van der Waals surface area contributed by atoms with Crippen LogP contribution < -0.4 is 16.0 Å². The van der Waals surface area contributed by atoms with Gasteiger partial charge in [0.05, 0.1) is 10.7 Å². The molecule has 1 amide bonds. The zero-order valence-electron chi connectivity index (χ0n) is 11.9. The van der Waals surface area contributed by atoms with Gasteiger partial charge in [0.2, 0.25) is 5.91 Å². The van der Waals surface area contributed by atoms with Crippen LogP contribution in [0.25, 0.3) is 0 Å². The maximum absolute atomic E-state index is 11.6. The second-order valence-electron chi connectivity index (χ2n) is 5.17. The summed E-state index contributed by atoms with van der Waals surface area (Å²) in [6.07, 6.45) is 2.92. The van der Waals surface area contributed by atoms with Crippen LogP contribution in [-0.2, 0) is 11.3 Å². The van der Waals surface area contributed by atoms with Crippen molar-refractivity contribution in [2.45, 2.75) is 38.8 Å². The predicted octanol–water partition coefficient (Wildman–Crippen LogP) is 2.29. The first-order valence-corrected chi connectivity index (χ1v) is 7.56. The predicted molar refractivity (Wildman–Crippen MR) is 83.0 cm³/mol. The van der Waals surface area contributed by atoms with E-state index in [1.54, 1.807) is 0 Å². The molecule has 110 valence electrons. The third-order valence-corrected chi connectivity index (χ3v) is 4.03. The summed E-state index contributed by atoms with van der Waals surface area (Å²) < 4.78 is 0. The Morgan fingerprint density at radius 1 is 1.50 bits per heavy atom. The molecule has 2 rings (SSSR count). The number of benzene rings is 1. The molecule has 1 saturated heterocycles. The fourth-order valence-electron chi connectivity index (χ4n) is 2.68. The number of rotatable bonds is 5. The number of amides is 1. The monoisotopic (exact) mass is 295 g/mol. The van der Waals surface area contributed by atoms with Crippen LogP contribution in [0.5, 0.6) is 0 Å². The third-order valence-electron chi connectivity index (χ3n) is 3.73. The zero-order valence-corrected chi connectivity index (χ0v) is 12.6. The number of nitrogens with two attached hydrogens (primary N) is 1. The average molecular weight is 296 g/mol. The van der Waals surface area contributed by atoms with E-state index < -0.39 is 0 Å². The SMILES string of the molecule is CCNCc1ccc(N2CCCCC2C(N)=O)c(Cl)c1. The van der Waals surface area contributed by atoms with Gasteiger partial charge < -0.3 is 16.0 Å². The summed E-state index contributed by atoms with van der Waals surface area (Å²) in [5.41, 5.74) is 7.57. The van der Waals surface area contributed by atoms with Gasteiger partial charge in [-0.25, -0.2) is 0 Å². The molecule has 20 heavy (non-hydrogen) atoms. The first-order chi connectivity index (χ1) is 9.63. The van der Waals surface area contributed by atoms with Crippen molar-refractivity contribution < 1.29 is 4.79 Å². The Morgan fingerprint density at radius 2 is 2.30 bits per heavy atom. The van der Waals surface area contributed by atoms with E-state index in [2.05, 4.69) is 18.3 Å². The molecule has 1 atom stereocenters. The van der Waals surface area contributed by atoms with Crippen LogP contribution >= 0.6 is 11.6 Å². The van der Waals surface area contributed by atoms with Crippen molar-refractivity contribution in [3.05, 3.63) is 28.8 Å². The molecule has 0 bridgehead atoms. The highest BCUT2D eigenvalue weighted by Gasteiger charge is 2.28. The maximum Gasteiger partial charge on any atom is 0.240 e. The Labute approximate surface area is 125 Å². The topological polar surface area (TPSA) is 58.4 Å². The quantitative estimate of drug-likeness (QED) is 0.876. The van der Waals surface area contributed by atoms with Gasteiger partial charge in [-0.05, 0) is 43.5 Å². The van der Waals surface area contributed by atoms with Gasteiger partial charge in [0.1, 0.15) is 6.04 Å². The van der Waals surface area contributed by atoms with Crippen molar-refractivity contribution in [3.8, 4) is 0 Å². The van der Waals surface area contributed by atoms with E-state index in [0.717, 1.165) is 50.1 Å². The van der Waals surface area contributed by atoms with Crippen molar-refractivity contribution in [3.63, 3.8) is 0 Å². The van der Waals surface area contributed by atoms with E-state index in [-0.39, 0.29) is 11.9 Å². The molecule has 0 radical (unpaired) electrons. The van der Waals surface area contributed by atoms with Gasteiger partial charge in [0.15, 0.2) is 0 Å². The van der Waals surface area contributed by atoms with Crippen LogP contribution in [0, 0.1) is 0 Å².